The third kappa shape index (κ3) is 2.05. The van der Waals surface area contributed by atoms with E-state index in [-0.39, 0.29) is 29.5 Å². The molecule has 84 valence electrons. The van der Waals surface area contributed by atoms with Gasteiger partial charge in [-0.25, -0.2) is 0 Å². The molecule has 1 saturated heterocycles. The summed E-state index contributed by atoms with van der Waals surface area (Å²) in [7, 11) is 0. The second-order valence-electron chi connectivity index (χ2n) is 3.89. The van der Waals surface area contributed by atoms with Crippen molar-refractivity contribution in [1.29, 1.82) is 0 Å². The Hall–Kier alpha value is -1.84. The number of rotatable bonds is 1. The Balaban J connectivity index is 2.19. The van der Waals surface area contributed by atoms with Gasteiger partial charge in [0.25, 0.3) is 5.91 Å². The van der Waals surface area contributed by atoms with Gasteiger partial charge in [-0.15, -0.1) is 0 Å². The van der Waals surface area contributed by atoms with Crippen LogP contribution in [0.15, 0.2) is 24.3 Å². The van der Waals surface area contributed by atoms with Gasteiger partial charge in [0.2, 0.25) is 0 Å². The van der Waals surface area contributed by atoms with Crippen molar-refractivity contribution < 1.29 is 14.7 Å². The van der Waals surface area contributed by atoms with Crippen molar-refractivity contribution in [1.82, 2.24) is 4.90 Å². The topological polar surface area (TPSA) is 57.6 Å². The quantitative estimate of drug-likeness (QED) is 0.772. The average Bonchev–Trinajstić information content (AvgIpc) is 2.29. The van der Waals surface area contributed by atoms with Crippen LogP contribution in [0.3, 0.4) is 0 Å². The number of Topliss-reactive ketones (excluding diaryl/α,β-unsaturated/α-hetero) is 1. The second kappa shape index (κ2) is 4.35. The number of carbonyl (C=O) groups is 2. The molecule has 2 rings (SSSR count). The first kappa shape index (κ1) is 10.7. The molecule has 1 heterocycles. The molecule has 16 heavy (non-hydrogen) atoms. The predicted molar refractivity (Wildman–Crippen MR) is 58.3 cm³/mol. The molecule has 0 atom stereocenters. The Bertz CT molecular complexity index is 428. The van der Waals surface area contributed by atoms with E-state index in [0.29, 0.717) is 19.4 Å². The smallest absolute Gasteiger partial charge is 0.258 e. The van der Waals surface area contributed by atoms with Crippen molar-refractivity contribution >= 4 is 11.7 Å². The molecule has 1 N–H and O–H groups in total. The maximum Gasteiger partial charge on any atom is 0.258 e. The highest BCUT2D eigenvalue weighted by molar-refractivity contribution is 5.99. The van der Waals surface area contributed by atoms with E-state index in [4.69, 9.17) is 0 Å². The molecule has 4 nitrogen and oxygen atoms in total. The number of piperidine rings is 1. The van der Waals surface area contributed by atoms with E-state index in [1.165, 1.54) is 11.0 Å². The maximum absolute atomic E-state index is 12.0. The second-order valence-corrected chi connectivity index (χ2v) is 3.89. The minimum Gasteiger partial charge on any atom is -0.507 e. The van der Waals surface area contributed by atoms with E-state index < -0.39 is 0 Å². The Morgan fingerprint density at radius 1 is 1.31 bits per heavy atom. The predicted octanol–water partition coefficient (Wildman–Crippen LogP) is 1.20. The maximum atomic E-state index is 12.0. The summed E-state index contributed by atoms with van der Waals surface area (Å²) in [5.41, 5.74) is 0.261. The summed E-state index contributed by atoms with van der Waals surface area (Å²) < 4.78 is 0. The number of para-hydroxylation sites is 1. The number of hydrogen-bond donors (Lipinski definition) is 1. The molecule has 1 amide bonds. The zero-order valence-corrected chi connectivity index (χ0v) is 8.85. The molecule has 1 aromatic carbocycles. The van der Waals surface area contributed by atoms with E-state index in [9.17, 15) is 14.7 Å². The van der Waals surface area contributed by atoms with Crippen LogP contribution in [-0.2, 0) is 4.79 Å². The molecule has 1 fully saturated rings. The van der Waals surface area contributed by atoms with E-state index in [0.717, 1.165) is 0 Å². The number of carbonyl (C=O) groups excluding carboxylic acids is 2. The fourth-order valence-electron chi connectivity index (χ4n) is 1.84. The third-order valence-electron chi connectivity index (χ3n) is 2.67. The largest absolute Gasteiger partial charge is 0.507 e. The van der Waals surface area contributed by atoms with Gasteiger partial charge in [-0.3, -0.25) is 9.59 Å². The number of aromatic hydroxyl groups is 1. The molecule has 1 aliphatic rings. The van der Waals surface area contributed by atoms with E-state index in [1.807, 2.05) is 0 Å². The van der Waals surface area contributed by atoms with Crippen LogP contribution in [-0.4, -0.2) is 34.8 Å². The lowest BCUT2D eigenvalue weighted by atomic mass is 10.1. The number of benzene rings is 1. The number of hydrogen-bond acceptors (Lipinski definition) is 3. The summed E-state index contributed by atoms with van der Waals surface area (Å²) in [6.45, 7) is 0.742. The first-order chi connectivity index (χ1) is 7.68. The molecule has 0 saturated carbocycles. The van der Waals surface area contributed by atoms with Crippen LogP contribution < -0.4 is 0 Å². The monoisotopic (exact) mass is 219 g/mol. The number of ketones is 1. The summed E-state index contributed by atoms with van der Waals surface area (Å²) in [5.74, 6) is -0.230. The fourth-order valence-corrected chi connectivity index (χ4v) is 1.84. The van der Waals surface area contributed by atoms with Crippen LogP contribution in [0.2, 0.25) is 0 Å². The molecular weight excluding hydrogens is 206 g/mol. The van der Waals surface area contributed by atoms with E-state index in [2.05, 4.69) is 0 Å². The van der Waals surface area contributed by atoms with Gasteiger partial charge in [-0.1, -0.05) is 12.1 Å². The van der Waals surface area contributed by atoms with Crippen LogP contribution in [0, 0.1) is 0 Å². The SMILES string of the molecule is O=C1CCCN(C(=O)c2ccccc2O)C1. The van der Waals surface area contributed by atoms with Crippen LogP contribution >= 0.6 is 0 Å². The van der Waals surface area contributed by atoms with Crippen LogP contribution in [0.25, 0.3) is 0 Å². The van der Waals surface area contributed by atoms with Gasteiger partial charge >= 0.3 is 0 Å². The van der Waals surface area contributed by atoms with Gasteiger partial charge in [-0.05, 0) is 18.6 Å². The molecule has 4 heteroatoms. The lowest BCUT2D eigenvalue weighted by molar-refractivity contribution is -0.121. The van der Waals surface area contributed by atoms with Gasteiger partial charge in [0.1, 0.15) is 5.75 Å². The molecule has 1 aliphatic heterocycles. The number of amides is 1. The van der Waals surface area contributed by atoms with Gasteiger partial charge in [0.15, 0.2) is 5.78 Å². The van der Waals surface area contributed by atoms with E-state index >= 15 is 0 Å². The van der Waals surface area contributed by atoms with E-state index in [1.54, 1.807) is 18.2 Å². The minimum atomic E-state index is -0.272. The standard InChI is InChI=1S/C12H13NO3/c14-9-4-3-7-13(8-9)12(16)10-5-1-2-6-11(10)15/h1-2,5-6,15H,3-4,7-8H2. The molecule has 0 radical (unpaired) electrons. The molecule has 0 bridgehead atoms. The summed E-state index contributed by atoms with van der Waals surface area (Å²) in [4.78, 5) is 24.7. The van der Waals surface area contributed by atoms with Gasteiger partial charge in [0, 0.05) is 13.0 Å². The highest BCUT2D eigenvalue weighted by Crippen LogP contribution is 2.19. The molecular formula is C12H13NO3. The summed E-state index contributed by atoms with van der Waals surface area (Å²) in [6, 6.07) is 6.39. The van der Waals surface area contributed by atoms with Crippen molar-refractivity contribution in [3.05, 3.63) is 29.8 Å². The average molecular weight is 219 g/mol. The Kier molecular flexibility index (Phi) is 2.90. The van der Waals surface area contributed by atoms with Gasteiger partial charge in [0.05, 0.1) is 12.1 Å². The fraction of sp³-hybridized carbons (Fsp3) is 0.333. The molecule has 0 unspecified atom stereocenters. The summed E-state index contributed by atoms with van der Waals surface area (Å²) in [6.07, 6.45) is 1.25. The van der Waals surface area contributed by atoms with Crippen molar-refractivity contribution in [2.45, 2.75) is 12.8 Å². The Morgan fingerprint density at radius 2 is 2.06 bits per heavy atom. The van der Waals surface area contributed by atoms with Crippen molar-refractivity contribution in [2.75, 3.05) is 13.1 Å². The number of nitrogens with zero attached hydrogens (tertiary/aromatic N) is 1. The normalized spacial score (nSPS) is 16.2. The molecule has 0 spiro atoms. The third-order valence-corrected chi connectivity index (χ3v) is 2.67. The number of phenolic OH excluding ortho intramolecular Hbond substituents is 1. The lowest BCUT2D eigenvalue weighted by Crippen LogP contribution is -2.40. The zero-order chi connectivity index (χ0) is 11.5. The zero-order valence-electron chi connectivity index (χ0n) is 8.85. The summed E-state index contributed by atoms with van der Waals surface area (Å²) >= 11 is 0. The molecule has 0 aliphatic carbocycles. The highest BCUT2D eigenvalue weighted by Gasteiger charge is 2.23. The summed E-state index contributed by atoms with van der Waals surface area (Å²) in [5, 5.41) is 9.55. The highest BCUT2D eigenvalue weighted by atomic mass is 16.3. The molecule has 1 aromatic rings. The number of likely N-dealkylation sites (tertiary alicyclic amines) is 1. The van der Waals surface area contributed by atoms with Crippen molar-refractivity contribution in [3.63, 3.8) is 0 Å². The van der Waals surface area contributed by atoms with Crippen LogP contribution in [0.4, 0.5) is 0 Å². The van der Waals surface area contributed by atoms with Crippen LogP contribution in [0.1, 0.15) is 23.2 Å². The minimum absolute atomic E-state index is 0.0366. The lowest BCUT2D eigenvalue weighted by Gasteiger charge is -2.26. The van der Waals surface area contributed by atoms with Gasteiger partial charge < -0.3 is 10.0 Å². The Morgan fingerprint density at radius 3 is 2.75 bits per heavy atom. The van der Waals surface area contributed by atoms with Gasteiger partial charge in [-0.2, -0.15) is 0 Å². The first-order valence-corrected chi connectivity index (χ1v) is 5.27. The first-order valence-electron chi connectivity index (χ1n) is 5.27. The Labute approximate surface area is 93.5 Å². The van der Waals surface area contributed by atoms with Crippen molar-refractivity contribution in [3.8, 4) is 5.75 Å². The molecule has 0 aromatic heterocycles. The van der Waals surface area contributed by atoms with Crippen molar-refractivity contribution in [2.24, 2.45) is 0 Å². The number of phenols is 1. The van der Waals surface area contributed by atoms with Crippen LogP contribution in [0.5, 0.6) is 5.75 Å².